The van der Waals surface area contributed by atoms with Crippen LogP contribution in [0.3, 0.4) is 0 Å². The lowest BCUT2D eigenvalue weighted by Crippen LogP contribution is -2.13. The van der Waals surface area contributed by atoms with Crippen molar-refractivity contribution in [1.82, 2.24) is 0 Å². The second kappa shape index (κ2) is 7.12. The lowest BCUT2D eigenvalue weighted by atomic mass is 10.1. The van der Waals surface area contributed by atoms with Crippen LogP contribution in [0.25, 0.3) is 0 Å². The van der Waals surface area contributed by atoms with Crippen LogP contribution in [0.15, 0.2) is 33.5 Å². The van der Waals surface area contributed by atoms with Gasteiger partial charge in [-0.15, -0.1) is 0 Å². The maximum atomic E-state index is 12.3. The molecule has 24 heavy (non-hydrogen) atoms. The third kappa shape index (κ3) is 3.71. The normalized spacial score (nSPS) is 10.3. The van der Waals surface area contributed by atoms with Crippen LogP contribution in [-0.4, -0.2) is 18.9 Å². The summed E-state index contributed by atoms with van der Waals surface area (Å²) >= 11 is 0. The van der Waals surface area contributed by atoms with E-state index in [1.165, 1.54) is 27.0 Å². The van der Waals surface area contributed by atoms with Gasteiger partial charge < -0.3 is 13.9 Å². The largest absolute Gasteiger partial charge is 0.496 e. The number of benzene rings is 1. The first-order valence-electron chi connectivity index (χ1n) is 7.29. The first-order valence-corrected chi connectivity index (χ1v) is 7.29. The molecule has 0 N–H and O–H groups in total. The van der Waals surface area contributed by atoms with E-state index in [-0.39, 0.29) is 23.7 Å². The molecular formula is C18H18O6. The minimum absolute atomic E-state index is 0.0683. The fourth-order valence-corrected chi connectivity index (χ4v) is 2.39. The summed E-state index contributed by atoms with van der Waals surface area (Å²) in [6.07, 6.45) is 0. The molecule has 1 heterocycles. The van der Waals surface area contributed by atoms with Gasteiger partial charge in [0.05, 0.1) is 7.11 Å². The van der Waals surface area contributed by atoms with Gasteiger partial charge in [-0.2, -0.15) is 0 Å². The topological polar surface area (TPSA) is 82.8 Å². The van der Waals surface area contributed by atoms with Gasteiger partial charge in [-0.1, -0.05) is 0 Å². The van der Waals surface area contributed by atoms with E-state index in [1.54, 1.807) is 25.1 Å². The number of rotatable bonds is 5. The molecule has 2 aromatic rings. The van der Waals surface area contributed by atoms with Gasteiger partial charge in [0.25, 0.3) is 0 Å². The number of ether oxygens (including phenoxy) is 2. The average Bonchev–Trinajstić information content (AvgIpc) is 2.51. The average molecular weight is 330 g/mol. The van der Waals surface area contributed by atoms with Crippen molar-refractivity contribution in [2.45, 2.75) is 27.4 Å². The number of carbonyl (C=O) groups excluding carboxylic acids is 2. The van der Waals surface area contributed by atoms with Crippen LogP contribution in [0.4, 0.5) is 0 Å². The predicted molar refractivity (Wildman–Crippen MR) is 86.6 cm³/mol. The summed E-state index contributed by atoms with van der Waals surface area (Å²) in [4.78, 5) is 35.1. The van der Waals surface area contributed by atoms with Crippen molar-refractivity contribution >= 4 is 11.8 Å². The first kappa shape index (κ1) is 17.5. The van der Waals surface area contributed by atoms with E-state index in [0.29, 0.717) is 22.4 Å². The summed E-state index contributed by atoms with van der Waals surface area (Å²) < 4.78 is 15.5. The Labute approximate surface area is 139 Å². The molecule has 0 saturated heterocycles. The molecule has 0 aliphatic rings. The van der Waals surface area contributed by atoms with Crippen LogP contribution >= 0.6 is 0 Å². The summed E-state index contributed by atoms with van der Waals surface area (Å²) in [6, 6.07) is 6.16. The molecule has 0 amide bonds. The van der Waals surface area contributed by atoms with Crippen molar-refractivity contribution in [2.24, 2.45) is 0 Å². The monoisotopic (exact) mass is 330 g/mol. The smallest absolute Gasteiger partial charge is 0.342 e. The Bertz CT molecular complexity index is 821. The van der Waals surface area contributed by atoms with Crippen LogP contribution in [0.1, 0.15) is 44.5 Å². The number of carbonyl (C=O) groups is 2. The van der Waals surface area contributed by atoms with Crippen LogP contribution in [0.5, 0.6) is 5.75 Å². The van der Waals surface area contributed by atoms with E-state index in [1.807, 2.05) is 0 Å². The molecule has 0 bridgehead atoms. The highest BCUT2D eigenvalue weighted by atomic mass is 16.5. The molecule has 1 aromatic heterocycles. The summed E-state index contributed by atoms with van der Waals surface area (Å²) in [7, 11) is 1.49. The number of hydrogen-bond donors (Lipinski definition) is 0. The molecule has 1 aromatic carbocycles. The first-order chi connectivity index (χ1) is 11.3. The number of methoxy groups -OCH3 is 1. The van der Waals surface area contributed by atoms with E-state index in [0.717, 1.165) is 0 Å². The van der Waals surface area contributed by atoms with Gasteiger partial charge >= 0.3 is 11.6 Å². The molecule has 0 radical (unpaired) electrons. The standard InChI is InChI=1S/C18H18O6/c1-10-7-16(20)24-12(3)17(10)18(21)23-9-14-8-13(11(2)19)5-6-15(14)22-4/h5-8H,9H2,1-4H3. The maximum Gasteiger partial charge on any atom is 0.342 e. The van der Waals surface area contributed by atoms with E-state index in [4.69, 9.17) is 13.9 Å². The van der Waals surface area contributed by atoms with Crippen molar-refractivity contribution in [1.29, 1.82) is 0 Å². The molecule has 6 heteroatoms. The van der Waals surface area contributed by atoms with Crippen molar-refractivity contribution in [3.05, 3.63) is 62.7 Å². The second-order valence-corrected chi connectivity index (χ2v) is 5.34. The SMILES string of the molecule is COc1ccc(C(C)=O)cc1COC(=O)c1c(C)cc(=O)oc1C. The van der Waals surface area contributed by atoms with Crippen LogP contribution in [0.2, 0.25) is 0 Å². The quantitative estimate of drug-likeness (QED) is 0.619. The lowest BCUT2D eigenvalue weighted by Gasteiger charge is -2.12. The molecule has 0 spiro atoms. The van der Waals surface area contributed by atoms with E-state index < -0.39 is 11.6 Å². The predicted octanol–water partition coefficient (Wildman–Crippen LogP) is 2.82. The highest BCUT2D eigenvalue weighted by Gasteiger charge is 2.18. The Hall–Kier alpha value is -2.89. The Morgan fingerprint density at radius 2 is 1.88 bits per heavy atom. The summed E-state index contributed by atoms with van der Waals surface area (Å²) in [5.74, 6) is 0.0149. The van der Waals surface area contributed by atoms with Crippen molar-refractivity contribution in [3.8, 4) is 5.75 Å². The van der Waals surface area contributed by atoms with Crippen molar-refractivity contribution in [3.63, 3.8) is 0 Å². The highest BCUT2D eigenvalue weighted by Crippen LogP contribution is 2.22. The summed E-state index contributed by atoms with van der Waals surface area (Å²) in [5.41, 5.74) is 1.26. The zero-order chi connectivity index (χ0) is 17.9. The number of Topliss-reactive ketones (excluding diaryl/α,β-unsaturated/α-hetero) is 1. The molecule has 0 aliphatic heterocycles. The minimum atomic E-state index is -0.607. The van der Waals surface area contributed by atoms with E-state index >= 15 is 0 Å². The summed E-state index contributed by atoms with van der Waals surface area (Å²) in [6.45, 7) is 4.55. The van der Waals surface area contributed by atoms with Gasteiger partial charge in [0.15, 0.2) is 5.78 Å². The van der Waals surface area contributed by atoms with Gasteiger partial charge in [-0.05, 0) is 44.5 Å². The van der Waals surface area contributed by atoms with Gasteiger partial charge in [0.2, 0.25) is 0 Å². The molecule has 0 unspecified atom stereocenters. The second-order valence-electron chi connectivity index (χ2n) is 5.34. The molecule has 6 nitrogen and oxygen atoms in total. The van der Waals surface area contributed by atoms with Gasteiger partial charge in [-0.3, -0.25) is 4.79 Å². The minimum Gasteiger partial charge on any atom is -0.496 e. The Morgan fingerprint density at radius 1 is 1.17 bits per heavy atom. The molecule has 0 aliphatic carbocycles. The van der Waals surface area contributed by atoms with E-state index in [2.05, 4.69) is 0 Å². The Morgan fingerprint density at radius 3 is 2.46 bits per heavy atom. The number of ketones is 1. The van der Waals surface area contributed by atoms with Gasteiger partial charge in [0, 0.05) is 17.2 Å². The Balaban J connectivity index is 2.25. The van der Waals surface area contributed by atoms with Crippen LogP contribution in [0, 0.1) is 13.8 Å². The van der Waals surface area contributed by atoms with Crippen LogP contribution in [-0.2, 0) is 11.3 Å². The number of esters is 1. The van der Waals surface area contributed by atoms with Crippen LogP contribution < -0.4 is 10.4 Å². The molecular weight excluding hydrogens is 312 g/mol. The molecule has 126 valence electrons. The molecule has 0 atom stereocenters. The lowest BCUT2D eigenvalue weighted by molar-refractivity contribution is 0.0464. The third-order valence-corrected chi connectivity index (χ3v) is 3.58. The zero-order valence-electron chi connectivity index (χ0n) is 14.0. The molecule has 0 saturated carbocycles. The number of hydrogen-bond acceptors (Lipinski definition) is 6. The van der Waals surface area contributed by atoms with E-state index in [9.17, 15) is 14.4 Å². The molecule has 2 rings (SSSR count). The Kier molecular flexibility index (Phi) is 5.18. The number of aryl methyl sites for hydroxylation is 2. The summed E-state index contributed by atoms with van der Waals surface area (Å²) in [5, 5.41) is 0. The fraction of sp³-hybridized carbons (Fsp3) is 0.278. The van der Waals surface area contributed by atoms with Crippen molar-refractivity contribution in [2.75, 3.05) is 7.11 Å². The van der Waals surface area contributed by atoms with Gasteiger partial charge in [-0.25, -0.2) is 9.59 Å². The highest BCUT2D eigenvalue weighted by molar-refractivity contribution is 5.94. The van der Waals surface area contributed by atoms with Crippen molar-refractivity contribution < 1.29 is 23.5 Å². The third-order valence-electron chi connectivity index (χ3n) is 3.58. The maximum absolute atomic E-state index is 12.3. The zero-order valence-corrected chi connectivity index (χ0v) is 14.0. The molecule has 0 fully saturated rings. The fourth-order valence-electron chi connectivity index (χ4n) is 2.39. The van der Waals surface area contributed by atoms with Gasteiger partial charge in [0.1, 0.15) is 23.7 Å².